The second kappa shape index (κ2) is 7.40. The number of hydrogen-bond acceptors (Lipinski definition) is 7. The Bertz CT molecular complexity index is 447. The number of aromatic nitrogens is 3. The fourth-order valence-corrected chi connectivity index (χ4v) is 2.52. The molecule has 0 atom stereocenters. The van der Waals surface area contributed by atoms with Crippen molar-refractivity contribution in [1.29, 1.82) is 0 Å². The van der Waals surface area contributed by atoms with E-state index in [1.165, 1.54) is 12.8 Å². The maximum atomic E-state index is 10.6. The molecule has 0 radical (unpaired) electrons. The highest BCUT2D eigenvalue weighted by Gasteiger charge is 2.28. The molecule has 1 fully saturated rings. The van der Waals surface area contributed by atoms with Crippen LogP contribution in [0, 0.1) is 0 Å². The Morgan fingerprint density at radius 3 is 2.57 bits per heavy atom. The summed E-state index contributed by atoms with van der Waals surface area (Å²) in [6.07, 6.45) is 6.98. The van der Waals surface area contributed by atoms with E-state index in [0.29, 0.717) is 19.1 Å². The molecule has 0 bridgehead atoms. The van der Waals surface area contributed by atoms with E-state index in [-0.39, 0.29) is 12.0 Å². The fraction of sp³-hybridized carbons (Fsp3) is 0.786. The predicted octanol–water partition coefficient (Wildman–Crippen LogP) is 1.74. The number of anilines is 2. The van der Waals surface area contributed by atoms with E-state index in [2.05, 4.69) is 20.3 Å². The SMILES string of the molecule is CCCOc1nc(N)nc(NCC2(O)CCCCCC2)n1. The molecule has 0 spiro atoms. The van der Waals surface area contributed by atoms with Crippen LogP contribution in [0.5, 0.6) is 6.01 Å². The Hall–Kier alpha value is -1.63. The zero-order valence-electron chi connectivity index (χ0n) is 12.6. The van der Waals surface area contributed by atoms with Gasteiger partial charge in [-0.05, 0) is 19.3 Å². The Kier molecular flexibility index (Phi) is 5.55. The molecule has 1 saturated carbocycles. The maximum Gasteiger partial charge on any atom is 0.323 e. The van der Waals surface area contributed by atoms with E-state index >= 15 is 0 Å². The minimum absolute atomic E-state index is 0.117. The maximum absolute atomic E-state index is 10.6. The van der Waals surface area contributed by atoms with Crippen molar-refractivity contribution in [3.8, 4) is 6.01 Å². The van der Waals surface area contributed by atoms with Gasteiger partial charge in [0.1, 0.15) is 0 Å². The predicted molar refractivity (Wildman–Crippen MR) is 81.2 cm³/mol. The standard InChI is InChI=1S/C14H25N5O2/c1-2-9-21-13-18-11(15)17-12(19-13)16-10-14(20)7-5-3-4-6-8-14/h20H,2-10H2,1H3,(H3,15,16,17,18,19). The van der Waals surface area contributed by atoms with Gasteiger partial charge in [-0.1, -0.05) is 32.6 Å². The molecule has 1 aliphatic carbocycles. The van der Waals surface area contributed by atoms with Gasteiger partial charge >= 0.3 is 6.01 Å². The number of nitrogens with zero attached hydrogens (tertiary/aromatic N) is 3. The van der Waals surface area contributed by atoms with Crippen LogP contribution in [0.25, 0.3) is 0 Å². The van der Waals surface area contributed by atoms with Crippen molar-refractivity contribution >= 4 is 11.9 Å². The third-order valence-electron chi connectivity index (χ3n) is 3.68. The molecule has 21 heavy (non-hydrogen) atoms. The molecule has 4 N–H and O–H groups in total. The van der Waals surface area contributed by atoms with E-state index in [1.54, 1.807) is 0 Å². The summed E-state index contributed by atoms with van der Waals surface area (Å²) in [6.45, 7) is 2.96. The first kappa shape index (κ1) is 15.8. The fourth-order valence-electron chi connectivity index (χ4n) is 2.52. The lowest BCUT2D eigenvalue weighted by Gasteiger charge is -2.26. The average molecular weight is 295 g/mol. The summed E-state index contributed by atoms with van der Waals surface area (Å²) in [5.41, 5.74) is 4.96. The topological polar surface area (TPSA) is 106 Å². The van der Waals surface area contributed by atoms with Crippen molar-refractivity contribution in [1.82, 2.24) is 15.0 Å². The van der Waals surface area contributed by atoms with E-state index < -0.39 is 5.60 Å². The molecule has 1 aromatic heterocycles. The van der Waals surface area contributed by atoms with Crippen LogP contribution < -0.4 is 15.8 Å². The highest BCUT2D eigenvalue weighted by atomic mass is 16.5. The third kappa shape index (κ3) is 5.00. The van der Waals surface area contributed by atoms with Gasteiger partial charge in [-0.2, -0.15) is 15.0 Å². The average Bonchev–Trinajstić information content (AvgIpc) is 2.68. The second-order valence-corrected chi connectivity index (χ2v) is 5.64. The number of nitrogen functional groups attached to an aromatic ring is 1. The molecule has 0 amide bonds. The highest BCUT2D eigenvalue weighted by molar-refractivity contribution is 5.33. The molecular weight excluding hydrogens is 270 g/mol. The van der Waals surface area contributed by atoms with Crippen LogP contribution in [0.15, 0.2) is 0 Å². The van der Waals surface area contributed by atoms with Crippen molar-refractivity contribution < 1.29 is 9.84 Å². The van der Waals surface area contributed by atoms with E-state index in [0.717, 1.165) is 32.1 Å². The van der Waals surface area contributed by atoms with E-state index in [1.807, 2.05) is 6.92 Å². The summed E-state index contributed by atoms with van der Waals surface area (Å²) in [5, 5.41) is 13.7. The molecule has 7 heteroatoms. The molecular formula is C14H25N5O2. The summed E-state index contributed by atoms with van der Waals surface area (Å²) in [7, 11) is 0. The van der Waals surface area contributed by atoms with Gasteiger partial charge in [0, 0.05) is 6.54 Å². The van der Waals surface area contributed by atoms with Crippen LogP contribution >= 0.6 is 0 Å². The molecule has 0 saturated heterocycles. The zero-order chi connectivity index (χ0) is 15.1. The number of hydrogen-bond donors (Lipinski definition) is 3. The summed E-state index contributed by atoms with van der Waals surface area (Å²) in [4.78, 5) is 12.1. The first-order valence-corrected chi connectivity index (χ1v) is 7.72. The lowest BCUT2D eigenvalue weighted by atomic mass is 9.95. The Balaban J connectivity index is 1.96. The third-order valence-corrected chi connectivity index (χ3v) is 3.68. The minimum atomic E-state index is -0.692. The molecule has 7 nitrogen and oxygen atoms in total. The summed E-state index contributed by atoms with van der Waals surface area (Å²) in [6, 6.07) is 0.222. The molecule has 2 rings (SSSR count). The quantitative estimate of drug-likeness (QED) is 0.686. The number of nitrogens with two attached hydrogens (primary N) is 1. The van der Waals surface area contributed by atoms with Gasteiger partial charge in [0.25, 0.3) is 0 Å². The molecule has 1 aliphatic rings. The highest BCUT2D eigenvalue weighted by Crippen LogP contribution is 2.27. The Morgan fingerprint density at radius 1 is 1.19 bits per heavy atom. The summed E-state index contributed by atoms with van der Waals surface area (Å²) in [5.74, 6) is 0.470. The van der Waals surface area contributed by atoms with Gasteiger partial charge in [-0.15, -0.1) is 0 Å². The van der Waals surface area contributed by atoms with Gasteiger partial charge in [-0.25, -0.2) is 0 Å². The zero-order valence-corrected chi connectivity index (χ0v) is 12.6. The van der Waals surface area contributed by atoms with E-state index in [4.69, 9.17) is 10.5 Å². The van der Waals surface area contributed by atoms with Crippen molar-refractivity contribution in [2.24, 2.45) is 0 Å². The monoisotopic (exact) mass is 295 g/mol. The van der Waals surface area contributed by atoms with E-state index in [9.17, 15) is 5.11 Å². The van der Waals surface area contributed by atoms with Gasteiger partial charge in [0.05, 0.1) is 12.2 Å². The smallest absolute Gasteiger partial charge is 0.323 e. The first-order valence-electron chi connectivity index (χ1n) is 7.72. The van der Waals surface area contributed by atoms with Crippen LogP contribution in [-0.2, 0) is 0 Å². The van der Waals surface area contributed by atoms with Crippen LogP contribution in [-0.4, -0.2) is 38.8 Å². The summed E-state index contributed by atoms with van der Waals surface area (Å²) < 4.78 is 5.37. The first-order chi connectivity index (χ1) is 10.1. The second-order valence-electron chi connectivity index (χ2n) is 5.64. The summed E-state index contributed by atoms with van der Waals surface area (Å²) >= 11 is 0. The normalized spacial score (nSPS) is 18.0. The van der Waals surface area contributed by atoms with Crippen LogP contribution in [0.4, 0.5) is 11.9 Å². The van der Waals surface area contributed by atoms with Crippen molar-refractivity contribution in [2.45, 2.75) is 57.5 Å². The largest absolute Gasteiger partial charge is 0.463 e. The Labute approximate surface area is 125 Å². The number of ether oxygens (including phenoxy) is 1. The molecule has 1 heterocycles. The van der Waals surface area contributed by atoms with Crippen LogP contribution in [0.2, 0.25) is 0 Å². The van der Waals surface area contributed by atoms with Crippen LogP contribution in [0.1, 0.15) is 51.9 Å². The molecule has 1 aromatic rings. The Morgan fingerprint density at radius 2 is 1.90 bits per heavy atom. The van der Waals surface area contributed by atoms with Crippen molar-refractivity contribution in [3.63, 3.8) is 0 Å². The molecule has 0 aliphatic heterocycles. The van der Waals surface area contributed by atoms with Crippen molar-refractivity contribution in [2.75, 3.05) is 24.2 Å². The lowest BCUT2D eigenvalue weighted by molar-refractivity contribution is 0.0379. The molecule has 0 unspecified atom stereocenters. The van der Waals surface area contributed by atoms with Gasteiger partial charge in [-0.3, -0.25) is 0 Å². The number of aliphatic hydroxyl groups is 1. The molecule has 0 aromatic carbocycles. The van der Waals surface area contributed by atoms with Gasteiger partial charge in [0.15, 0.2) is 0 Å². The number of nitrogens with one attached hydrogen (secondary N) is 1. The van der Waals surface area contributed by atoms with Gasteiger partial charge < -0.3 is 20.9 Å². The lowest BCUT2D eigenvalue weighted by Crippen LogP contribution is -2.36. The van der Waals surface area contributed by atoms with Crippen molar-refractivity contribution in [3.05, 3.63) is 0 Å². The van der Waals surface area contributed by atoms with Gasteiger partial charge in [0.2, 0.25) is 11.9 Å². The number of rotatable bonds is 6. The molecule has 118 valence electrons. The minimum Gasteiger partial charge on any atom is -0.463 e. The van der Waals surface area contributed by atoms with Crippen LogP contribution in [0.3, 0.4) is 0 Å².